The van der Waals surface area contributed by atoms with E-state index in [-0.39, 0.29) is 25.1 Å². The average Bonchev–Trinajstić information content (AvgIpc) is 3.11. The van der Waals surface area contributed by atoms with Gasteiger partial charge in [0.05, 0.1) is 12.1 Å². The minimum absolute atomic E-state index is 0.143. The van der Waals surface area contributed by atoms with Gasteiger partial charge in [-0.05, 0) is 55.9 Å². The molecule has 3 aromatic rings. The number of benzene rings is 2. The van der Waals surface area contributed by atoms with Gasteiger partial charge in [0.2, 0.25) is 0 Å². The van der Waals surface area contributed by atoms with E-state index in [2.05, 4.69) is 21.6 Å². The molecule has 148 valence electrons. The number of hydrogen-bond donors (Lipinski definition) is 2. The molecule has 3 rings (SSSR count). The molecule has 0 atom stereocenters. The molecule has 0 spiro atoms. The van der Waals surface area contributed by atoms with Gasteiger partial charge < -0.3 is 14.6 Å². The number of ether oxygens (including phenoxy) is 1. The van der Waals surface area contributed by atoms with Crippen molar-refractivity contribution in [3.63, 3.8) is 0 Å². The lowest BCUT2D eigenvalue weighted by molar-refractivity contribution is 0.0949. The van der Waals surface area contributed by atoms with Crippen molar-refractivity contribution in [1.82, 2.24) is 20.1 Å². The normalized spacial score (nSPS) is 10.6. The first kappa shape index (κ1) is 20.3. The fraction of sp³-hybridized carbons (Fsp3) is 0.238. The molecule has 0 radical (unpaired) electrons. The van der Waals surface area contributed by atoms with Gasteiger partial charge in [-0.3, -0.25) is 9.89 Å². The Hall–Kier alpha value is -3.44. The predicted octanol–water partition coefficient (Wildman–Crippen LogP) is 3.90. The van der Waals surface area contributed by atoms with Crippen molar-refractivity contribution >= 4 is 18.1 Å². The number of nitrogens with one attached hydrogen (secondary N) is 2. The summed E-state index contributed by atoms with van der Waals surface area (Å²) >= 11 is 5.22. The van der Waals surface area contributed by atoms with E-state index in [1.165, 1.54) is 0 Å². The Labute approximate surface area is 174 Å². The summed E-state index contributed by atoms with van der Waals surface area (Å²) in [5.41, 5.74) is 1.82. The van der Waals surface area contributed by atoms with E-state index < -0.39 is 0 Å². The second-order valence-corrected chi connectivity index (χ2v) is 7.08. The monoisotopic (exact) mass is 407 g/mol. The van der Waals surface area contributed by atoms with Crippen LogP contribution in [0.1, 0.15) is 47.2 Å². The molecule has 0 aliphatic rings. The largest absolute Gasteiger partial charge is 0.488 e. The van der Waals surface area contributed by atoms with Crippen LogP contribution in [0.2, 0.25) is 0 Å². The van der Waals surface area contributed by atoms with Gasteiger partial charge in [-0.25, -0.2) is 0 Å². The molecule has 0 unspecified atom stereocenters. The summed E-state index contributed by atoms with van der Waals surface area (Å²) in [6, 6.07) is 16.5. The Kier molecular flexibility index (Phi) is 6.42. The zero-order chi connectivity index (χ0) is 20.8. The number of nitrogens with zero attached hydrogens (tertiary/aromatic N) is 3. The van der Waals surface area contributed by atoms with Gasteiger partial charge in [0.1, 0.15) is 18.4 Å². The Morgan fingerprint density at radius 1 is 1.31 bits per heavy atom. The number of aromatic nitrogens is 3. The smallest absolute Gasteiger partial charge is 0.251 e. The van der Waals surface area contributed by atoms with Crippen molar-refractivity contribution in [1.29, 1.82) is 5.26 Å². The maximum Gasteiger partial charge on any atom is 0.251 e. The van der Waals surface area contributed by atoms with Crippen molar-refractivity contribution in [3.05, 3.63) is 75.8 Å². The van der Waals surface area contributed by atoms with Crippen LogP contribution in [0.5, 0.6) is 5.75 Å². The summed E-state index contributed by atoms with van der Waals surface area (Å²) < 4.78 is 8.14. The number of aromatic amines is 1. The lowest BCUT2D eigenvalue weighted by Gasteiger charge is -2.12. The lowest BCUT2D eigenvalue weighted by atomic mass is 10.1. The first-order valence-corrected chi connectivity index (χ1v) is 9.55. The highest BCUT2D eigenvalue weighted by Crippen LogP contribution is 2.18. The number of para-hydroxylation sites is 1. The molecule has 1 aromatic heterocycles. The molecule has 0 aliphatic carbocycles. The molecular weight excluding hydrogens is 386 g/mol. The van der Waals surface area contributed by atoms with Gasteiger partial charge in [-0.2, -0.15) is 10.4 Å². The van der Waals surface area contributed by atoms with Crippen LogP contribution in [0.25, 0.3) is 0 Å². The highest BCUT2D eigenvalue weighted by atomic mass is 32.1. The SMILES string of the molecule is CC(C)n1c(CNC(=O)c2cccc(COc3ccccc3C#N)c2)n[nH]c1=S. The minimum Gasteiger partial charge on any atom is -0.488 e. The van der Waals surface area contributed by atoms with Crippen LogP contribution in [0.3, 0.4) is 0 Å². The molecule has 29 heavy (non-hydrogen) atoms. The molecular formula is C21H21N5O2S. The van der Waals surface area contributed by atoms with Crippen LogP contribution < -0.4 is 10.1 Å². The summed E-state index contributed by atoms with van der Waals surface area (Å²) in [7, 11) is 0. The van der Waals surface area contributed by atoms with E-state index in [4.69, 9.17) is 22.2 Å². The predicted molar refractivity (Wildman–Crippen MR) is 111 cm³/mol. The number of H-pyrrole nitrogens is 1. The zero-order valence-corrected chi connectivity index (χ0v) is 17.0. The number of carbonyl (C=O) groups excluding carboxylic acids is 1. The fourth-order valence-corrected chi connectivity index (χ4v) is 3.27. The summed E-state index contributed by atoms with van der Waals surface area (Å²) in [4.78, 5) is 12.6. The maximum atomic E-state index is 12.6. The highest BCUT2D eigenvalue weighted by Gasteiger charge is 2.12. The van der Waals surface area contributed by atoms with Crippen molar-refractivity contribution in [3.8, 4) is 11.8 Å². The van der Waals surface area contributed by atoms with Crippen LogP contribution in [0.4, 0.5) is 0 Å². The topological polar surface area (TPSA) is 95.7 Å². The third kappa shape index (κ3) is 4.89. The summed E-state index contributed by atoms with van der Waals surface area (Å²) in [6.07, 6.45) is 0. The minimum atomic E-state index is -0.214. The highest BCUT2D eigenvalue weighted by molar-refractivity contribution is 7.71. The number of carbonyl (C=O) groups is 1. The summed E-state index contributed by atoms with van der Waals surface area (Å²) in [5, 5.41) is 19.0. The van der Waals surface area contributed by atoms with Crippen LogP contribution in [-0.4, -0.2) is 20.7 Å². The Morgan fingerprint density at radius 3 is 2.86 bits per heavy atom. The second-order valence-electron chi connectivity index (χ2n) is 6.69. The first-order chi connectivity index (χ1) is 14.0. The van der Waals surface area contributed by atoms with E-state index in [0.717, 1.165) is 5.56 Å². The zero-order valence-electron chi connectivity index (χ0n) is 16.2. The van der Waals surface area contributed by atoms with Crippen molar-refractivity contribution < 1.29 is 9.53 Å². The van der Waals surface area contributed by atoms with Gasteiger partial charge in [-0.15, -0.1) is 0 Å². The van der Waals surface area contributed by atoms with E-state index in [0.29, 0.717) is 27.5 Å². The molecule has 0 aliphatic heterocycles. The second kappa shape index (κ2) is 9.17. The van der Waals surface area contributed by atoms with Crippen molar-refractivity contribution in [2.75, 3.05) is 0 Å². The number of rotatable bonds is 7. The van der Waals surface area contributed by atoms with E-state index in [1.54, 1.807) is 36.4 Å². The molecule has 2 N–H and O–H groups in total. The van der Waals surface area contributed by atoms with E-state index in [1.807, 2.05) is 30.5 Å². The molecule has 2 aromatic carbocycles. The Morgan fingerprint density at radius 2 is 2.10 bits per heavy atom. The fourth-order valence-electron chi connectivity index (χ4n) is 2.90. The molecule has 7 nitrogen and oxygen atoms in total. The third-order valence-corrected chi connectivity index (χ3v) is 4.58. The Bertz CT molecular complexity index is 1110. The molecule has 0 saturated heterocycles. The van der Waals surface area contributed by atoms with Gasteiger partial charge in [-0.1, -0.05) is 24.3 Å². The maximum absolute atomic E-state index is 12.6. The van der Waals surface area contributed by atoms with Crippen LogP contribution >= 0.6 is 12.2 Å². The number of hydrogen-bond acceptors (Lipinski definition) is 5. The quantitative estimate of drug-likeness (QED) is 0.579. The van der Waals surface area contributed by atoms with Crippen LogP contribution in [0, 0.1) is 16.1 Å². The van der Waals surface area contributed by atoms with E-state index in [9.17, 15) is 4.79 Å². The number of amides is 1. The summed E-state index contributed by atoms with van der Waals surface area (Å²) in [5.74, 6) is 0.973. The lowest BCUT2D eigenvalue weighted by Crippen LogP contribution is -2.25. The third-order valence-electron chi connectivity index (χ3n) is 4.29. The van der Waals surface area contributed by atoms with Crippen LogP contribution in [0.15, 0.2) is 48.5 Å². The first-order valence-electron chi connectivity index (χ1n) is 9.14. The average molecular weight is 407 g/mol. The Balaban J connectivity index is 1.65. The standard InChI is InChI=1S/C21H21N5O2S/c1-14(2)26-19(24-25-21(26)29)12-23-20(27)16-8-5-6-15(10-16)13-28-18-9-4-3-7-17(18)11-22/h3-10,14H,12-13H2,1-2H3,(H,23,27)(H,25,29). The van der Waals surface area contributed by atoms with Crippen molar-refractivity contribution in [2.45, 2.75) is 33.0 Å². The molecule has 0 fully saturated rings. The van der Waals surface area contributed by atoms with Gasteiger partial charge in [0.15, 0.2) is 10.6 Å². The van der Waals surface area contributed by atoms with Crippen molar-refractivity contribution in [2.24, 2.45) is 0 Å². The molecule has 8 heteroatoms. The van der Waals surface area contributed by atoms with Crippen LogP contribution in [-0.2, 0) is 13.2 Å². The summed E-state index contributed by atoms with van der Waals surface area (Å²) in [6.45, 7) is 4.53. The van der Waals surface area contributed by atoms with Gasteiger partial charge in [0, 0.05) is 11.6 Å². The van der Waals surface area contributed by atoms with Gasteiger partial charge in [0.25, 0.3) is 5.91 Å². The number of nitriles is 1. The molecule has 1 heterocycles. The van der Waals surface area contributed by atoms with E-state index >= 15 is 0 Å². The molecule has 1 amide bonds. The molecule has 0 saturated carbocycles. The molecule has 0 bridgehead atoms. The van der Waals surface area contributed by atoms with Gasteiger partial charge >= 0.3 is 0 Å².